The molecule has 1 spiro atoms. The second-order valence-electron chi connectivity index (χ2n) is 15.0. The molecule has 0 bridgehead atoms. The van der Waals surface area contributed by atoms with Crippen molar-refractivity contribution < 1.29 is 13.2 Å². The van der Waals surface area contributed by atoms with E-state index in [-0.39, 0.29) is 17.5 Å². The van der Waals surface area contributed by atoms with Crippen molar-refractivity contribution in [2.45, 2.75) is 113 Å². The number of piperidine rings is 3. The summed E-state index contributed by atoms with van der Waals surface area (Å²) in [6, 6.07) is 7.50. The summed E-state index contributed by atoms with van der Waals surface area (Å²) in [6.45, 7) is 6.31. The molecule has 246 valence electrons. The minimum absolute atomic E-state index is 0.0300. The lowest BCUT2D eigenvalue weighted by atomic mass is 9.69. The van der Waals surface area contributed by atoms with Gasteiger partial charge in [-0.2, -0.15) is 4.31 Å². The van der Waals surface area contributed by atoms with Crippen LogP contribution in [-0.2, 0) is 14.8 Å². The van der Waals surface area contributed by atoms with Crippen molar-refractivity contribution in [3.05, 3.63) is 24.3 Å². The van der Waals surface area contributed by atoms with Gasteiger partial charge in [-0.15, -0.1) is 0 Å². The third kappa shape index (κ3) is 6.58. The van der Waals surface area contributed by atoms with Crippen LogP contribution in [0.4, 0.5) is 5.69 Å². The minimum Gasteiger partial charge on any atom is -0.378 e. The van der Waals surface area contributed by atoms with Gasteiger partial charge in [0.15, 0.2) is 0 Å². The average Bonchev–Trinajstić information content (AvgIpc) is 3.40. The maximum absolute atomic E-state index is 14.5. The van der Waals surface area contributed by atoms with Gasteiger partial charge >= 0.3 is 0 Å². The summed E-state index contributed by atoms with van der Waals surface area (Å²) in [5, 5.41) is 2.50. The van der Waals surface area contributed by atoms with E-state index in [1.54, 1.807) is 16.4 Å². The van der Waals surface area contributed by atoms with Gasteiger partial charge in [-0.1, -0.05) is 45.4 Å². The van der Waals surface area contributed by atoms with E-state index < -0.39 is 10.0 Å². The zero-order chi connectivity index (χ0) is 30.9. The summed E-state index contributed by atoms with van der Waals surface area (Å²) in [6.07, 6.45) is 16.1. The summed E-state index contributed by atoms with van der Waals surface area (Å²) < 4.78 is 28.7. The monoisotopic (exact) mass is 627 g/mol. The number of sulfonamides is 1. The topological polar surface area (TPSA) is 76.2 Å². The Hall–Kier alpha value is -1.68. The molecule has 5 fully saturated rings. The third-order valence-corrected chi connectivity index (χ3v) is 14.0. The molecule has 1 saturated carbocycles. The van der Waals surface area contributed by atoms with Crippen LogP contribution in [0, 0.1) is 23.7 Å². The highest BCUT2D eigenvalue weighted by molar-refractivity contribution is 7.89. The number of anilines is 1. The summed E-state index contributed by atoms with van der Waals surface area (Å²) in [5.74, 6) is 2.22. The van der Waals surface area contributed by atoms with Gasteiger partial charge in [0, 0.05) is 64.1 Å². The quantitative estimate of drug-likeness (QED) is 0.465. The zero-order valence-electron chi connectivity index (χ0n) is 27.6. The van der Waals surface area contributed by atoms with Gasteiger partial charge in [-0.3, -0.25) is 4.79 Å². The molecule has 0 aromatic heterocycles. The highest BCUT2D eigenvalue weighted by Gasteiger charge is 2.57. The number of carbonyl (C=O) groups is 1. The minimum atomic E-state index is -3.49. The average molecular weight is 628 g/mol. The van der Waals surface area contributed by atoms with Crippen molar-refractivity contribution in [3.8, 4) is 0 Å². The van der Waals surface area contributed by atoms with E-state index in [2.05, 4.69) is 22.3 Å². The standard InChI is InChI=1S/C35H57N5O3S/c1-27-14-21-38(22-15-27)34(41)33-32-26-29(18-25-40(32)36-35(33)19-8-6-4-5-7-9-20-35)28-16-23-39(24-17-28)44(42,43)31-12-10-30(11-13-31)37(2)3/h10-13,27-29,32-33,36H,4-9,14-26H2,1-3H3. The Balaban J connectivity index is 1.15. The number of hydrazine groups is 1. The van der Waals surface area contributed by atoms with Crippen molar-refractivity contribution in [1.29, 1.82) is 0 Å². The van der Waals surface area contributed by atoms with Crippen molar-refractivity contribution >= 4 is 21.6 Å². The normalized spacial score (nSPS) is 30.0. The molecule has 9 heteroatoms. The second-order valence-corrected chi connectivity index (χ2v) is 17.0. The largest absolute Gasteiger partial charge is 0.378 e. The Morgan fingerprint density at radius 3 is 2.02 bits per heavy atom. The van der Waals surface area contributed by atoms with Gasteiger partial charge in [0.05, 0.1) is 10.8 Å². The van der Waals surface area contributed by atoms with E-state index in [0.29, 0.717) is 41.6 Å². The molecule has 4 heterocycles. The van der Waals surface area contributed by atoms with Crippen LogP contribution in [0.25, 0.3) is 0 Å². The number of fused-ring (bicyclic) bond motifs is 1. The van der Waals surface area contributed by atoms with E-state index in [1.807, 2.05) is 31.1 Å². The van der Waals surface area contributed by atoms with E-state index >= 15 is 0 Å². The number of likely N-dealkylation sites (tertiary alicyclic amines) is 1. The molecule has 5 aliphatic rings. The molecule has 44 heavy (non-hydrogen) atoms. The first-order valence-electron chi connectivity index (χ1n) is 17.8. The Bertz CT molecular complexity index is 1210. The molecule has 8 nitrogen and oxygen atoms in total. The number of amides is 1. The van der Waals surface area contributed by atoms with Gasteiger partial charge < -0.3 is 9.80 Å². The second kappa shape index (κ2) is 13.6. The van der Waals surface area contributed by atoms with Crippen LogP contribution in [0.1, 0.15) is 96.8 Å². The number of carbonyl (C=O) groups excluding carboxylic acids is 1. The molecule has 6 rings (SSSR count). The number of rotatable bonds is 5. The number of nitrogens with one attached hydrogen (secondary N) is 1. The smallest absolute Gasteiger partial charge is 0.243 e. The number of hydrogen-bond donors (Lipinski definition) is 1. The number of nitrogens with zero attached hydrogens (tertiary/aromatic N) is 4. The third-order valence-electron chi connectivity index (χ3n) is 12.0. The van der Waals surface area contributed by atoms with E-state index in [1.165, 1.54) is 38.5 Å². The summed E-state index contributed by atoms with van der Waals surface area (Å²) in [7, 11) is 0.437. The van der Waals surface area contributed by atoms with E-state index in [4.69, 9.17) is 0 Å². The lowest BCUT2D eigenvalue weighted by Gasteiger charge is -2.43. The van der Waals surface area contributed by atoms with Crippen LogP contribution in [-0.4, -0.2) is 86.9 Å². The van der Waals surface area contributed by atoms with E-state index in [0.717, 1.165) is 76.7 Å². The van der Waals surface area contributed by atoms with Crippen LogP contribution < -0.4 is 10.3 Å². The lowest BCUT2D eigenvalue weighted by Crippen LogP contribution is -2.54. The van der Waals surface area contributed by atoms with Crippen LogP contribution in [0.2, 0.25) is 0 Å². The Morgan fingerprint density at radius 2 is 1.41 bits per heavy atom. The molecule has 4 aliphatic heterocycles. The molecule has 1 aromatic rings. The molecule has 1 N–H and O–H groups in total. The maximum atomic E-state index is 14.5. The number of benzene rings is 1. The van der Waals surface area contributed by atoms with Crippen molar-refractivity contribution in [2.24, 2.45) is 23.7 Å². The molecule has 4 saturated heterocycles. The first-order chi connectivity index (χ1) is 21.2. The van der Waals surface area contributed by atoms with Gasteiger partial charge in [-0.25, -0.2) is 18.9 Å². The van der Waals surface area contributed by atoms with Gasteiger partial charge in [-0.05, 0) is 93.4 Å². The number of hydrogen-bond acceptors (Lipinski definition) is 6. The Labute approximate surface area is 266 Å². The maximum Gasteiger partial charge on any atom is 0.243 e. The van der Waals surface area contributed by atoms with Crippen molar-refractivity contribution in [1.82, 2.24) is 19.6 Å². The molecular weight excluding hydrogens is 570 g/mol. The van der Waals surface area contributed by atoms with Gasteiger partial charge in [0.1, 0.15) is 0 Å². The molecule has 1 aromatic carbocycles. The van der Waals surface area contributed by atoms with Crippen LogP contribution in [0.5, 0.6) is 0 Å². The van der Waals surface area contributed by atoms with Crippen LogP contribution in [0.15, 0.2) is 29.2 Å². The van der Waals surface area contributed by atoms with Crippen LogP contribution >= 0.6 is 0 Å². The summed E-state index contributed by atoms with van der Waals surface area (Å²) in [4.78, 5) is 19.1. The van der Waals surface area contributed by atoms with Crippen molar-refractivity contribution in [2.75, 3.05) is 51.7 Å². The predicted molar refractivity (Wildman–Crippen MR) is 177 cm³/mol. The fraction of sp³-hybridized carbons (Fsp3) is 0.800. The molecule has 3 atom stereocenters. The zero-order valence-corrected chi connectivity index (χ0v) is 28.4. The Morgan fingerprint density at radius 1 is 0.818 bits per heavy atom. The molecule has 0 radical (unpaired) electrons. The van der Waals surface area contributed by atoms with Crippen LogP contribution in [0.3, 0.4) is 0 Å². The first kappa shape index (κ1) is 32.3. The highest BCUT2D eigenvalue weighted by Crippen LogP contribution is 2.47. The molecule has 1 amide bonds. The van der Waals surface area contributed by atoms with Crippen molar-refractivity contribution in [3.63, 3.8) is 0 Å². The fourth-order valence-electron chi connectivity index (χ4n) is 9.25. The summed E-state index contributed by atoms with van der Waals surface area (Å²) in [5.41, 5.74) is 4.95. The van der Waals surface area contributed by atoms with Gasteiger partial charge in [0.25, 0.3) is 0 Å². The predicted octanol–water partition coefficient (Wildman–Crippen LogP) is 5.50. The molecule has 3 unspecified atom stereocenters. The Kier molecular flexibility index (Phi) is 9.96. The van der Waals surface area contributed by atoms with Gasteiger partial charge in [0.2, 0.25) is 15.9 Å². The summed E-state index contributed by atoms with van der Waals surface area (Å²) >= 11 is 0. The lowest BCUT2D eigenvalue weighted by molar-refractivity contribution is -0.140. The fourth-order valence-corrected chi connectivity index (χ4v) is 10.7. The first-order valence-corrected chi connectivity index (χ1v) is 19.2. The SMILES string of the molecule is CC1CCN(C(=O)C2C3CC(C4CCN(S(=O)(=O)c5ccc(N(C)C)cc5)CC4)CCN3NC23CCCCCCCC3)CC1. The highest BCUT2D eigenvalue weighted by atomic mass is 32.2. The molecule has 1 aliphatic carbocycles. The molecular formula is C35H57N5O3S. The van der Waals surface area contributed by atoms with E-state index in [9.17, 15) is 13.2 Å².